The lowest BCUT2D eigenvalue weighted by Crippen LogP contribution is -2.49. The molecule has 0 saturated carbocycles. The van der Waals surface area contributed by atoms with Gasteiger partial charge in [-0.25, -0.2) is 0 Å². The molecule has 0 saturated heterocycles. The summed E-state index contributed by atoms with van der Waals surface area (Å²) in [5.41, 5.74) is 2.05. The van der Waals surface area contributed by atoms with Gasteiger partial charge in [-0.05, 0) is 25.0 Å². The fourth-order valence-corrected chi connectivity index (χ4v) is 2.19. The van der Waals surface area contributed by atoms with Crippen molar-refractivity contribution in [2.24, 2.45) is 5.92 Å². The first-order valence-corrected chi connectivity index (χ1v) is 7.01. The topological polar surface area (TPSA) is 53.2 Å². The van der Waals surface area contributed by atoms with Gasteiger partial charge < -0.3 is 16.0 Å². The molecule has 0 bridgehead atoms. The first-order chi connectivity index (χ1) is 9.11. The van der Waals surface area contributed by atoms with E-state index in [-0.39, 0.29) is 18.0 Å². The number of amides is 1. The zero-order valence-corrected chi connectivity index (χ0v) is 11.9. The number of carbonyl (C=O) groups is 1. The second-order valence-electron chi connectivity index (χ2n) is 5.31. The molecule has 4 nitrogen and oxygen atoms in total. The first kappa shape index (κ1) is 13.7. The summed E-state index contributed by atoms with van der Waals surface area (Å²) < 4.78 is 0. The summed E-state index contributed by atoms with van der Waals surface area (Å²) in [6, 6.07) is 7.95. The summed E-state index contributed by atoms with van der Waals surface area (Å²) in [7, 11) is 0. The average molecular weight is 261 g/mol. The molecule has 0 aliphatic carbocycles. The van der Waals surface area contributed by atoms with Crippen molar-refractivity contribution in [3.63, 3.8) is 0 Å². The number of nitrogens with one attached hydrogen (secondary N) is 3. The lowest BCUT2D eigenvalue weighted by molar-refractivity contribution is -0.122. The Hall–Kier alpha value is -1.71. The van der Waals surface area contributed by atoms with Gasteiger partial charge in [-0.15, -0.1) is 0 Å². The highest BCUT2D eigenvalue weighted by Gasteiger charge is 2.25. The van der Waals surface area contributed by atoms with Crippen molar-refractivity contribution in [3.8, 4) is 0 Å². The molecular formula is C15H23N3O. The lowest BCUT2D eigenvalue weighted by Gasteiger charge is -2.29. The van der Waals surface area contributed by atoms with Gasteiger partial charge in [-0.1, -0.05) is 32.4 Å². The molecule has 19 heavy (non-hydrogen) atoms. The predicted molar refractivity (Wildman–Crippen MR) is 79.4 cm³/mol. The van der Waals surface area contributed by atoms with Gasteiger partial charge in [0.1, 0.15) is 6.04 Å². The standard InChI is InChI=1S/C15H23N3O/c1-4-10(2)11(3)17-15(19)14-9-16-12-7-5-6-8-13(12)18-14/h5-8,10-11,14,16,18H,4,9H2,1-3H3,(H,17,19). The summed E-state index contributed by atoms with van der Waals surface area (Å²) in [6.07, 6.45) is 1.07. The van der Waals surface area contributed by atoms with E-state index in [0.29, 0.717) is 12.5 Å². The second kappa shape index (κ2) is 5.95. The monoisotopic (exact) mass is 261 g/mol. The minimum Gasteiger partial charge on any atom is -0.381 e. The molecule has 0 radical (unpaired) electrons. The molecular weight excluding hydrogens is 238 g/mol. The van der Waals surface area contributed by atoms with Crippen LogP contribution < -0.4 is 16.0 Å². The van der Waals surface area contributed by atoms with E-state index >= 15 is 0 Å². The van der Waals surface area contributed by atoms with Crippen LogP contribution in [0.5, 0.6) is 0 Å². The van der Waals surface area contributed by atoms with E-state index in [1.165, 1.54) is 0 Å². The molecule has 1 aliphatic heterocycles. The second-order valence-corrected chi connectivity index (χ2v) is 5.31. The fourth-order valence-electron chi connectivity index (χ4n) is 2.19. The molecule has 4 heteroatoms. The van der Waals surface area contributed by atoms with E-state index in [2.05, 4.69) is 36.7 Å². The number of rotatable bonds is 4. The maximum absolute atomic E-state index is 12.2. The number of anilines is 2. The Morgan fingerprint density at radius 1 is 1.37 bits per heavy atom. The molecule has 3 N–H and O–H groups in total. The van der Waals surface area contributed by atoms with Crippen molar-refractivity contribution in [2.45, 2.75) is 39.3 Å². The highest BCUT2D eigenvalue weighted by atomic mass is 16.2. The molecule has 1 aromatic rings. The van der Waals surface area contributed by atoms with Crippen molar-refractivity contribution < 1.29 is 4.79 Å². The van der Waals surface area contributed by atoms with Crippen molar-refractivity contribution in [1.29, 1.82) is 0 Å². The summed E-state index contributed by atoms with van der Waals surface area (Å²) in [6.45, 7) is 6.99. The van der Waals surface area contributed by atoms with E-state index in [9.17, 15) is 4.79 Å². The molecule has 1 aromatic carbocycles. The quantitative estimate of drug-likeness (QED) is 0.780. The van der Waals surface area contributed by atoms with Crippen LogP contribution in [-0.2, 0) is 4.79 Å². The summed E-state index contributed by atoms with van der Waals surface area (Å²) >= 11 is 0. The number of hydrogen-bond acceptors (Lipinski definition) is 3. The molecule has 104 valence electrons. The largest absolute Gasteiger partial charge is 0.381 e. The van der Waals surface area contributed by atoms with Crippen LogP contribution in [0.2, 0.25) is 0 Å². The van der Waals surface area contributed by atoms with E-state index < -0.39 is 0 Å². The molecule has 0 aromatic heterocycles. The van der Waals surface area contributed by atoms with Crippen molar-refractivity contribution in [1.82, 2.24) is 5.32 Å². The highest BCUT2D eigenvalue weighted by molar-refractivity contribution is 5.88. The van der Waals surface area contributed by atoms with Gasteiger partial charge in [0.25, 0.3) is 0 Å². The Bertz CT molecular complexity index is 447. The molecule has 0 spiro atoms. The zero-order chi connectivity index (χ0) is 13.8. The van der Waals surface area contributed by atoms with Gasteiger partial charge in [-0.2, -0.15) is 0 Å². The van der Waals surface area contributed by atoms with Crippen LogP contribution in [0, 0.1) is 5.92 Å². The minimum absolute atomic E-state index is 0.0646. The van der Waals surface area contributed by atoms with E-state index in [4.69, 9.17) is 0 Å². The van der Waals surface area contributed by atoms with Crippen LogP contribution in [0.3, 0.4) is 0 Å². The van der Waals surface area contributed by atoms with Crippen molar-refractivity contribution in [3.05, 3.63) is 24.3 Å². The van der Waals surface area contributed by atoms with Gasteiger partial charge in [0.2, 0.25) is 5.91 Å². The van der Waals surface area contributed by atoms with Crippen LogP contribution in [0.25, 0.3) is 0 Å². The predicted octanol–water partition coefficient (Wildman–Crippen LogP) is 2.44. The van der Waals surface area contributed by atoms with Gasteiger partial charge in [0, 0.05) is 12.6 Å². The van der Waals surface area contributed by atoms with Crippen molar-refractivity contribution >= 4 is 17.3 Å². The Labute approximate surface area is 115 Å². The molecule has 3 unspecified atom stereocenters. The van der Waals surface area contributed by atoms with Crippen LogP contribution in [0.15, 0.2) is 24.3 Å². The van der Waals surface area contributed by atoms with Gasteiger partial charge in [0.05, 0.1) is 11.4 Å². The van der Waals surface area contributed by atoms with Crippen LogP contribution in [-0.4, -0.2) is 24.5 Å². The number of para-hydroxylation sites is 2. The Morgan fingerprint density at radius 2 is 2.05 bits per heavy atom. The average Bonchev–Trinajstić information content (AvgIpc) is 2.45. The summed E-state index contributed by atoms with van der Waals surface area (Å²) in [5.74, 6) is 0.558. The third kappa shape index (κ3) is 3.19. The van der Waals surface area contributed by atoms with E-state index in [1.54, 1.807) is 0 Å². The van der Waals surface area contributed by atoms with E-state index in [1.807, 2.05) is 24.3 Å². The van der Waals surface area contributed by atoms with Gasteiger partial charge >= 0.3 is 0 Å². The van der Waals surface area contributed by atoms with Crippen molar-refractivity contribution in [2.75, 3.05) is 17.2 Å². The molecule has 0 fully saturated rings. The molecule has 2 rings (SSSR count). The Morgan fingerprint density at radius 3 is 2.74 bits per heavy atom. The van der Waals surface area contributed by atoms with Gasteiger partial charge in [-0.3, -0.25) is 4.79 Å². The van der Waals surface area contributed by atoms with E-state index in [0.717, 1.165) is 17.8 Å². The number of hydrogen-bond donors (Lipinski definition) is 3. The molecule has 3 atom stereocenters. The number of benzene rings is 1. The Balaban J connectivity index is 1.95. The maximum Gasteiger partial charge on any atom is 0.244 e. The highest BCUT2D eigenvalue weighted by Crippen LogP contribution is 2.25. The number of carbonyl (C=O) groups excluding carboxylic acids is 1. The summed E-state index contributed by atoms with van der Waals surface area (Å²) in [4.78, 5) is 12.2. The Kier molecular flexibility index (Phi) is 4.30. The first-order valence-electron chi connectivity index (χ1n) is 7.01. The zero-order valence-electron chi connectivity index (χ0n) is 11.9. The molecule has 1 amide bonds. The fraction of sp³-hybridized carbons (Fsp3) is 0.533. The molecule has 1 heterocycles. The normalized spacial score (nSPS) is 20.5. The minimum atomic E-state index is -0.207. The lowest BCUT2D eigenvalue weighted by atomic mass is 10.0. The van der Waals surface area contributed by atoms with Crippen LogP contribution in [0.4, 0.5) is 11.4 Å². The number of fused-ring (bicyclic) bond motifs is 1. The van der Waals surface area contributed by atoms with Gasteiger partial charge in [0.15, 0.2) is 0 Å². The maximum atomic E-state index is 12.2. The SMILES string of the molecule is CCC(C)C(C)NC(=O)C1CNc2ccccc2N1. The third-order valence-corrected chi connectivity index (χ3v) is 3.94. The van der Waals surface area contributed by atoms with Crippen LogP contribution in [0.1, 0.15) is 27.2 Å². The van der Waals surface area contributed by atoms with Crippen LogP contribution >= 0.6 is 0 Å². The smallest absolute Gasteiger partial charge is 0.244 e. The third-order valence-electron chi connectivity index (χ3n) is 3.94. The molecule has 1 aliphatic rings. The summed E-state index contributed by atoms with van der Waals surface area (Å²) in [5, 5.41) is 9.66.